The van der Waals surface area contributed by atoms with Gasteiger partial charge in [-0.15, -0.1) is 11.3 Å². The predicted molar refractivity (Wildman–Crippen MR) is 55.3 cm³/mol. The molecule has 0 bridgehead atoms. The quantitative estimate of drug-likeness (QED) is 0.760. The molecule has 2 aromatic rings. The SMILES string of the molecule is Clc1cc(-c2nc(I)no2)cs1. The van der Waals surface area contributed by atoms with Crippen LogP contribution in [0, 0.1) is 3.83 Å². The van der Waals surface area contributed by atoms with Crippen LogP contribution in [0.3, 0.4) is 0 Å². The molecule has 0 saturated carbocycles. The average molecular weight is 313 g/mol. The number of halogens is 2. The van der Waals surface area contributed by atoms with Crippen LogP contribution in [0.4, 0.5) is 0 Å². The molecule has 0 N–H and O–H groups in total. The van der Waals surface area contributed by atoms with Crippen molar-refractivity contribution in [2.24, 2.45) is 0 Å². The summed E-state index contributed by atoms with van der Waals surface area (Å²) in [5.74, 6) is 0.516. The van der Waals surface area contributed by atoms with Crippen molar-refractivity contribution in [3.63, 3.8) is 0 Å². The Morgan fingerprint density at radius 1 is 1.58 bits per heavy atom. The Balaban J connectivity index is 2.43. The van der Waals surface area contributed by atoms with Gasteiger partial charge in [0.2, 0.25) is 3.83 Å². The van der Waals surface area contributed by atoms with Crippen molar-refractivity contribution in [3.05, 3.63) is 19.6 Å². The van der Waals surface area contributed by atoms with Gasteiger partial charge in [0.15, 0.2) is 0 Å². The zero-order valence-corrected chi connectivity index (χ0v) is 9.35. The zero-order valence-electron chi connectivity index (χ0n) is 5.62. The molecule has 0 aliphatic rings. The molecule has 0 atom stereocenters. The summed E-state index contributed by atoms with van der Waals surface area (Å²) >= 11 is 9.18. The van der Waals surface area contributed by atoms with Gasteiger partial charge < -0.3 is 4.52 Å². The first-order chi connectivity index (χ1) is 5.75. The summed E-state index contributed by atoms with van der Waals surface area (Å²) in [5.41, 5.74) is 0.875. The maximum absolute atomic E-state index is 5.74. The van der Waals surface area contributed by atoms with Gasteiger partial charge in [-0.25, -0.2) is 0 Å². The van der Waals surface area contributed by atoms with E-state index in [1.807, 2.05) is 28.0 Å². The Kier molecular flexibility index (Phi) is 2.33. The first-order valence-corrected chi connectivity index (χ1v) is 5.33. The highest BCUT2D eigenvalue weighted by Gasteiger charge is 2.08. The standard InChI is InChI=1S/C6H2ClIN2OS/c7-4-1-3(2-12-4)5-9-6(8)10-11-5/h1-2H. The molecule has 0 unspecified atom stereocenters. The largest absolute Gasteiger partial charge is 0.333 e. The van der Waals surface area contributed by atoms with Crippen LogP contribution in [-0.4, -0.2) is 10.1 Å². The number of aromatic nitrogens is 2. The predicted octanol–water partition coefficient (Wildman–Crippen LogP) is 3.06. The van der Waals surface area contributed by atoms with E-state index in [9.17, 15) is 0 Å². The fourth-order valence-corrected chi connectivity index (χ4v) is 1.92. The molecule has 3 nitrogen and oxygen atoms in total. The minimum atomic E-state index is 0.516. The van der Waals surface area contributed by atoms with Crippen molar-refractivity contribution < 1.29 is 4.52 Å². The van der Waals surface area contributed by atoms with Gasteiger partial charge in [-0.05, 0) is 6.07 Å². The van der Waals surface area contributed by atoms with Crippen LogP contribution >= 0.6 is 45.5 Å². The second-order valence-electron chi connectivity index (χ2n) is 2.01. The maximum Gasteiger partial charge on any atom is 0.259 e. The van der Waals surface area contributed by atoms with E-state index in [0.29, 0.717) is 9.72 Å². The minimum absolute atomic E-state index is 0.516. The van der Waals surface area contributed by atoms with Gasteiger partial charge in [-0.3, -0.25) is 0 Å². The van der Waals surface area contributed by atoms with Crippen molar-refractivity contribution in [1.82, 2.24) is 10.1 Å². The monoisotopic (exact) mass is 312 g/mol. The van der Waals surface area contributed by atoms with Crippen LogP contribution < -0.4 is 0 Å². The zero-order chi connectivity index (χ0) is 8.55. The van der Waals surface area contributed by atoms with Crippen LogP contribution in [-0.2, 0) is 0 Å². The van der Waals surface area contributed by atoms with E-state index < -0.39 is 0 Å². The molecule has 0 aromatic carbocycles. The van der Waals surface area contributed by atoms with E-state index in [0.717, 1.165) is 9.90 Å². The van der Waals surface area contributed by atoms with Crippen LogP contribution in [0.15, 0.2) is 16.0 Å². The summed E-state index contributed by atoms with van der Waals surface area (Å²) in [7, 11) is 0. The maximum atomic E-state index is 5.74. The first kappa shape index (κ1) is 8.46. The van der Waals surface area contributed by atoms with Crippen molar-refractivity contribution in [2.45, 2.75) is 0 Å². The average Bonchev–Trinajstić information content (AvgIpc) is 2.58. The Bertz CT molecular complexity index is 361. The number of nitrogens with zero attached hydrogens (tertiary/aromatic N) is 2. The highest BCUT2D eigenvalue weighted by Crippen LogP contribution is 2.27. The lowest BCUT2D eigenvalue weighted by Gasteiger charge is -1.81. The summed E-state index contributed by atoms with van der Waals surface area (Å²) in [5, 5.41) is 5.55. The summed E-state index contributed by atoms with van der Waals surface area (Å²) in [4.78, 5) is 4.05. The summed E-state index contributed by atoms with van der Waals surface area (Å²) in [6.07, 6.45) is 0. The van der Waals surface area contributed by atoms with Crippen molar-refractivity contribution in [3.8, 4) is 11.5 Å². The fraction of sp³-hybridized carbons (Fsp3) is 0. The smallest absolute Gasteiger partial charge is 0.259 e. The lowest BCUT2D eigenvalue weighted by Crippen LogP contribution is -1.72. The van der Waals surface area contributed by atoms with E-state index in [1.165, 1.54) is 11.3 Å². The molecule has 6 heteroatoms. The second kappa shape index (κ2) is 3.31. The molecule has 0 aliphatic carbocycles. The molecule has 0 aliphatic heterocycles. The Labute approximate surface area is 90.9 Å². The highest BCUT2D eigenvalue weighted by molar-refractivity contribution is 14.1. The third-order valence-electron chi connectivity index (χ3n) is 1.22. The van der Waals surface area contributed by atoms with E-state index >= 15 is 0 Å². The lowest BCUT2D eigenvalue weighted by molar-refractivity contribution is 0.426. The van der Waals surface area contributed by atoms with E-state index in [1.54, 1.807) is 6.07 Å². The van der Waals surface area contributed by atoms with Crippen LogP contribution in [0.25, 0.3) is 11.5 Å². The fourth-order valence-electron chi connectivity index (χ4n) is 0.745. The molecule has 2 heterocycles. The molecule has 62 valence electrons. The van der Waals surface area contributed by atoms with Crippen molar-refractivity contribution in [2.75, 3.05) is 0 Å². The topological polar surface area (TPSA) is 38.9 Å². The van der Waals surface area contributed by atoms with Crippen LogP contribution in [0.2, 0.25) is 4.34 Å². The van der Waals surface area contributed by atoms with E-state index in [4.69, 9.17) is 16.1 Å². The second-order valence-corrected chi connectivity index (χ2v) is 4.52. The molecule has 0 saturated heterocycles. The number of hydrogen-bond donors (Lipinski definition) is 0. The Morgan fingerprint density at radius 3 is 2.92 bits per heavy atom. The molecular weight excluding hydrogens is 311 g/mol. The summed E-state index contributed by atoms with van der Waals surface area (Å²) in [6, 6.07) is 1.80. The Hall–Kier alpha value is -0.140. The van der Waals surface area contributed by atoms with Gasteiger partial charge in [0.25, 0.3) is 5.89 Å². The molecule has 0 spiro atoms. The van der Waals surface area contributed by atoms with Crippen molar-refractivity contribution >= 4 is 45.5 Å². The van der Waals surface area contributed by atoms with E-state index in [-0.39, 0.29) is 0 Å². The van der Waals surface area contributed by atoms with Gasteiger partial charge in [-0.2, -0.15) is 4.98 Å². The molecule has 0 fully saturated rings. The highest BCUT2D eigenvalue weighted by atomic mass is 127. The van der Waals surface area contributed by atoms with E-state index in [2.05, 4.69) is 10.1 Å². The normalized spacial score (nSPS) is 10.5. The van der Waals surface area contributed by atoms with Crippen molar-refractivity contribution in [1.29, 1.82) is 0 Å². The number of thiophene rings is 1. The molecular formula is C6H2ClIN2OS. The van der Waals surface area contributed by atoms with Crippen LogP contribution in [0.1, 0.15) is 0 Å². The first-order valence-electron chi connectivity index (χ1n) is 2.99. The number of rotatable bonds is 1. The summed E-state index contributed by atoms with van der Waals surface area (Å²) < 4.78 is 6.27. The van der Waals surface area contributed by atoms with Gasteiger partial charge in [0, 0.05) is 28.0 Å². The summed E-state index contributed by atoms with van der Waals surface area (Å²) in [6.45, 7) is 0. The third kappa shape index (κ3) is 1.62. The molecule has 2 rings (SSSR count). The molecule has 12 heavy (non-hydrogen) atoms. The molecule has 0 amide bonds. The van der Waals surface area contributed by atoms with Crippen LogP contribution in [0.5, 0.6) is 0 Å². The van der Waals surface area contributed by atoms with Gasteiger partial charge in [0.1, 0.15) is 0 Å². The van der Waals surface area contributed by atoms with Gasteiger partial charge in [0.05, 0.1) is 9.90 Å². The third-order valence-corrected chi connectivity index (χ3v) is 2.74. The number of hydrogen-bond acceptors (Lipinski definition) is 4. The minimum Gasteiger partial charge on any atom is -0.333 e. The van der Waals surface area contributed by atoms with Gasteiger partial charge in [-0.1, -0.05) is 16.8 Å². The molecule has 0 radical (unpaired) electrons. The Morgan fingerprint density at radius 2 is 2.42 bits per heavy atom. The molecule has 2 aromatic heterocycles. The van der Waals surface area contributed by atoms with Gasteiger partial charge >= 0.3 is 0 Å². The lowest BCUT2D eigenvalue weighted by atomic mass is 10.3.